The van der Waals surface area contributed by atoms with Crippen molar-refractivity contribution < 1.29 is 13.9 Å². The van der Waals surface area contributed by atoms with Gasteiger partial charge >= 0.3 is 0 Å². The Labute approximate surface area is 230 Å². The van der Waals surface area contributed by atoms with Crippen LogP contribution in [0.3, 0.4) is 0 Å². The van der Waals surface area contributed by atoms with E-state index >= 15 is 0 Å². The van der Waals surface area contributed by atoms with Crippen LogP contribution in [0, 0.1) is 5.82 Å². The zero-order valence-corrected chi connectivity index (χ0v) is 21.9. The van der Waals surface area contributed by atoms with Crippen molar-refractivity contribution in [3.8, 4) is 23.0 Å². The molecule has 5 aromatic rings. The van der Waals surface area contributed by atoms with Crippen LogP contribution in [-0.4, -0.2) is 79.5 Å². The lowest BCUT2D eigenvalue weighted by Crippen LogP contribution is -2.49. The van der Waals surface area contributed by atoms with Crippen molar-refractivity contribution in [1.82, 2.24) is 34.3 Å². The van der Waals surface area contributed by atoms with E-state index in [1.807, 2.05) is 51.9 Å². The van der Waals surface area contributed by atoms with E-state index in [2.05, 4.69) is 24.8 Å². The molecule has 40 heavy (non-hydrogen) atoms. The Kier molecular flexibility index (Phi) is 7.41. The van der Waals surface area contributed by atoms with Crippen molar-refractivity contribution in [1.29, 1.82) is 0 Å². The largest absolute Gasteiger partial charge is 0.494 e. The smallest absolute Gasteiger partial charge is 0.291 e. The summed E-state index contributed by atoms with van der Waals surface area (Å²) >= 11 is 0. The van der Waals surface area contributed by atoms with Crippen molar-refractivity contribution in [3.63, 3.8) is 0 Å². The Balaban J connectivity index is 1.04. The van der Waals surface area contributed by atoms with E-state index in [-0.39, 0.29) is 17.5 Å². The molecule has 0 spiro atoms. The van der Waals surface area contributed by atoms with Crippen LogP contribution in [0.15, 0.2) is 85.3 Å². The van der Waals surface area contributed by atoms with Gasteiger partial charge in [0.15, 0.2) is 5.82 Å². The Morgan fingerprint density at radius 2 is 1.65 bits per heavy atom. The van der Waals surface area contributed by atoms with Gasteiger partial charge in [0.05, 0.1) is 17.6 Å². The highest BCUT2D eigenvalue weighted by Gasteiger charge is 2.23. The molecule has 1 aliphatic rings. The Morgan fingerprint density at radius 1 is 0.875 bits per heavy atom. The normalized spacial score (nSPS) is 14.0. The van der Waals surface area contributed by atoms with Crippen LogP contribution >= 0.6 is 0 Å². The predicted octanol–water partition coefficient (Wildman–Crippen LogP) is 4.24. The molecule has 0 radical (unpaired) electrons. The van der Waals surface area contributed by atoms with E-state index in [1.54, 1.807) is 30.7 Å². The number of rotatable bonds is 8. The summed E-state index contributed by atoms with van der Waals surface area (Å²) in [4.78, 5) is 33.9. The number of imidazole rings is 1. The monoisotopic (exact) mass is 537 g/mol. The molecule has 0 unspecified atom stereocenters. The second-order valence-electron chi connectivity index (χ2n) is 9.52. The molecule has 2 aromatic carbocycles. The zero-order valence-electron chi connectivity index (χ0n) is 21.9. The molecule has 0 bridgehead atoms. The second-order valence-corrected chi connectivity index (χ2v) is 9.52. The first-order valence-corrected chi connectivity index (χ1v) is 13.3. The maximum atomic E-state index is 13.9. The highest BCUT2D eigenvalue weighted by Crippen LogP contribution is 2.29. The molecule has 0 atom stereocenters. The van der Waals surface area contributed by atoms with E-state index in [0.29, 0.717) is 36.7 Å². The van der Waals surface area contributed by atoms with Crippen LogP contribution < -0.4 is 4.74 Å². The fourth-order valence-corrected chi connectivity index (χ4v) is 4.88. The van der Waals surface area contributed by atoms with Crippen molar-refractivity contribution in [2.24, 2.45) is 0 Å². The summed E-state index contributed by atoms with van der Waals surface area (Å²) in [6.07, 6.45) is 5.77. The predicted molar refractivity (Wildman–Crippen MR) is 149 cm³/mol. The number of piperazine rings is 1. The molecule has 3 aromatic heterocycles. The lowest BCUT2D eigenvalue weighted by Gasteiger charge is -2.34. The van der Waals surface area contributed by atoms with E-state index in [1.165, 1.54) is 12.1 Å². The van der Waals surface area contributed by atoms with Crippen LogP contribution in [0.2, 0.25) is 0 Å². The maximum Gasteiger partial charge on any atom is 0.291 e. The summed E-state index contributed by atoms with van der Waals surface area (Å²) in [5.74, 6) is 1.23. The molecule has 4 heterocycles. The molecule has 1 aliphatic heterocycles. The lowest BCUT2D eigenvalue weighted by molar-refractivity contribution is 0.0618. The molecule has 1 amide bonds. The summed E-state index contributed by atoms with van der Waals surface area (Å²) in [5.41, 5.74) is 2.96. The van der Waals surface area contributed by atoms with Crippen molar-refractivity contribution in [2.45, 2.75) is 6.42 Å². The fraction of sp³-hybridized carbons (Fsp3) is 0.233. The number of halogens is 1. The topological polar surface area (TPSA) is 89.3 Å². The van der Waals surface area contributed by atoms with E-state index in [4.69, 9.17) is 4.74 Å². The average Bonchev–Trinajstić information content (AvgIpc) is 3.39. The minimum absolute atomic E-state index is 0.116. The Bertz CT molecular complexity index is 1590. The number of carbonyl (C=O) groups excluding carboxylic acids is 1. The summed E-state index contributed by atoms with van der Waals surface area (Å²) in [6.45, 7) is 4.43. The van der Waals surface area contributed by atoms with Gasteiger partial charge in [0, 0.05) is 63.1 Å². The zero-order chi connectivity index (χ0) is 27.3. The summed E-state index contributed by atoms with van der Waals surface area (Å²) in [6, 6.07) is 19.8. The van der Waals surface area contributed by atoms with Gasteiger partial charge in [-0.3, -0.25) is 19.2 Å². The average molecular weight is 538 g/mol. The lowest BCUT2D eigenvalue weighted by atomic mass is 10.2. The second kappa shape index (κ2) is 11.6. The molecular weight excluding hydrogens is 509 g/mol. The van der Waals surface area contributed by atoms with Crippen molar-refractivity contribution in [2.75, 3.05) is 39.3 Å². The molecule has 6 rings (SSSR count). The molecule has 0 aliphatic carbocycles. The van der Waals surface area contributed by atoms with E-state index in [9.17, 15) is 9.18 Å². The van der Waals surface area contributed by atoms with Gasteiger partial charge in [0.1, 0.15) is 17.3 Å². The number of aromatic nitrogens is 5. The molecular formula is C30H28FN7O2. The number of fused-ring (bicyclic) bond motifs is 1. The van der Waals surface area contributed by atoms with Crippen LogP contribution in [0.4, 0.5) is 4.39 Å². The van der Waals surface area contributed by atoms with Gasteiger partial charge in [-0.2, -0.15) is 0 Å². The highest BCUT2D eigenvalue weighted by atomic mass is 19.1. The SMILES string of the molecule is O=C(c1ncccn1)N1CCN(CCCOc2ccc(-n3c(-c4ccccn4)nc4cc(F)ccc43)cc2)CC1. The third-order valence-electron chi connectivity index (χ3n) is 6.91. The van der Waals surface area contributed by atoms with Crippen LogP contribution in [0.25, 0.3) is 28.2 Å². The van der Waals surface area contributed by atoms with Gasteiger partial charge in [-0.1, -0.05) is 6.07 Å². The highest BCUT2D eigenvalue weighted by molar-refractivity contribution is 5.90. The van der Waals surface area contributed by atoms with E-state index < -0.39 is 0 Å². The molecule has 9 nitrogen and oxygen atoms in total. The number of hydrogen-bond donors (Lipinski definition) is 0. The number of pyridine rings is 1. The fourth-order valence-electron chi connectivity index (χ4n) is 4.88. The van der Waals surface area contributed by atoms with Crippen LogP contribution in [-0.2, 0) is 0 Å². The van der Waals surface area contributed by atoms with Crippen molar-refractivity contribution in [3.05, 3.63) is 97.0 Å². The summed E-state index contributed by atoms with van der Waals surface area (Å²) in [7, 11) is 0. The van der Waals surface area contributed by atoms with Gasteiger partial charge in [-0.05, 0) is 61.0 Å². The van der Waals surface area contributed by atoms with Crippen LogP contribution in [0.1, 0.15) is 17.0 Å². The number of carbonyl (C=O) groups is 1. The quantitative estimate of drug-likeness (QED) is 0.274. The Morgan fingerprint density at radius 3 is 2.40 bits per heavy atom. The number of nitrogens with zero attached hydrogens (tertiary/aromatic N) is 7. The minimum atomic E-state index is -0.328. The molecule has 1 fully saturated rings. The molecule has 0 N–H and O–H groups in total. The van der Waals surface area contributed by atoms with Crippen molar-refractivity contribution >= 4 is 16.9 Å². The Hall–Kier alpha value is -4.70. The van der Waals surface area contributed by atoms with Crippen LogP contribution in [0.5, 0.6) is 5.75 Å². The third-order valence-corrected chi connectivity index (χ3v) is 6.91. The first-order chi connectivity index (χ1) is 19.7. The standard InChI is InChI=1S/C30H28FN7O2/c31-22-6-11-27-26(21-22)35-29(25-5-1-2-12-32-25)38(27)23-7-9-24(10-8-23)40-20-4-15-36-16-18-37(19-17-36)30(39)28-33-13-3-14-34-28/h1-3,5-14,21H,4,15-20H2. The molecule has 0 saturated carbocycles. The third kappa shape index (κ3) is 5.52. The summed E-state index contributed by atoms with van der Waals surface area (Å²) in [5, 5.41) is 0. The molecule has 1 saturated heterocycles. The van der Waals surface area contributed by atoms with Gasteiger partial charge < -0.3 is 9.64 Å². The number of hydrogen-bond acceptors (Lipinski definition) is 7. The molecule has 202 valence electrons. The van der Waals surface area contributed by atoms with Gasteiger partial charge in [0.2, 0.25) is 5.82 Å². The number of ether oxygens (including phenoxy) is 1. The number of amides is 1. The van der Waals surface area contributed by atoms with Gasteiger partial charge in [0.25, 0.3) is 5.91 Å². The summed E-state index contributed by atoms with van der Waals surface area (Å²) < 4.78 is 21.9. The van der Waals surface area contributed by atoms with Gasteiger partial charge in [-0.15, -0.1) is 0 Å². The minimum Gasteiger partial charge on any atom is -0.494 e. The van der Waals surface area contributed by atoms with E-state index in [0.717, 1.165) is 43.0 Å². The maximum absolute atomic E-state index is 13.9. The van der Waals surface area contributed by atoms with Gasteiger partial charge in [-0.25, -0.2) is 19.3 Å². The first-order valence-electron chi connectivity index (χ1n) is 13.3. The first kappa shape index (κ1) is 25.6. The molecule has 10 heteroatoms. The number of benzene rings is 2.